The second-order valence-electron chi connectivity index (χ2n) is 6.16. The highest BCUT2D eigenvalue weighted by atomic mass is 32.1. The number of fused-ring (bicyclic) bond motifs is 1. The van der Waals surface area contributed by atoms with Crippen molar-refractivity contribution < 1.29 is 4.79 Å². The number of hydrogen-bond donors (Lipinski definition) is 2. The van der Waals surface area contributed by atoms with Crippen molar-refractivity contribution in [1.29, 1.82) is 0 Å². The van der Waals surface area contributed by atoms with Crippen molar-refractivity contribution in [2.45, 2.75) is 13.0 Å². The van der Waals surface area contributed by atoms with Crippen LogP contribution in [0.1, 0.15) is 6.42 Å². The van der Waals surface area contributed by atoms with Crippen LogP contribution in [0.5, 0.6) is 0 Å². The van der Waals surface area contributed by atoms with Gasteiger partial charge >= 0.3 is 0 Å². The molecule has 0 aliphatic carbocycles. The number of thiazole rings is 1. The number of anilines is 1. The number of amides is 1. The lowest BCUT2D eigenvalue weighted by atomic mass is 10.2. The van der Waals surface area contributed by atoms with E-state index in [0.717, 1.165) is 31.5 Å². The zero-order chi connectivity index (χ0) is 19.5. The average Bonchev–Trinajstić information content (AvgIpc) is 3.13. The van der Waals surface area contributed by atoms with E-state index in [-0.39, 0.29) is 30.0 Å². The first kappa shape index (κ1) is 17.9. The summed E-state index contributed by atoms with van der Waals surface area (Å²) in [5.74, 6) is -0.246. The summed E-state index contributed by atoms with van der Waals surface area (Å²) in [7, 11) is 0. The van der Waals surface area contributed by atoms with Crippen LogP contribution in [0.4, 0.5) is 5.69 Å². The number of carbonyl (C=O) groups is 1. The summed E-state index contributed by atoms with van der Waals surface area (Å²) < 4.78 is 2.25. The molecule has 4 aromatic rings. The average molecular weight is 392 g/mol. The predicted molar refractivity (Wildman–Crippen MR) is 110 cm³/mol. The second-order valence-corrected chi connectivity index (χ2v) is 7.19. The monoisotopic (exact) mass is 392 g/mol. The fraction of sp³-hybridized carbons (Fsp3) is 0.100. The molecule has 140 valence electrons. The van der Waals surface area contributed by atoms with Gasteiger partial charge in [-0.25, -0.2) is 9.67 Å². The molecule has 0 saturated heterocycles. The predicted octanol–water partition coefficient (Wildman–Crippen LogP) is 2.84. The topological polar surface area (TPSA) is 96.9 Å². The molecule has 0 bridgehead atoms. The number of aromatic amines is 1. The van der Waals surface area contributed by atoms with E-state index in [1.165, 1.54) is 6.07 Å². The maximum Gasteiger partial charge on any atom is 0.265 e. The van der Waals surface area contributed by atoms with E-state index in [1.807, 2.05) is 48.5 Å². The maximum absolute atomic E-state index is 12.1. The van der Waals surface area contributed by atoms with Gasteiger partial charge in [0.1, 0.15) is 5.01 Å². The van der Waals surface area contributed by atoms with Crippen molar-refractivity contribution in [3.05, 3.63) is 81.4 Å². The molecule has 0 atom stereocenters. The number of aromatic nitrogens is 3. The Kier molecular flexibility index (Phi) is 4.86. The molecular weight excluding hydrogens is 376 g/mol. The maximum atomic E-state index is 12.1. The third kappa shape index (κ3) is 3.91. The Morgan fingerprint density at radius 1 is 1.04 bits per heavy atom. The van der Waals surface area contributed by atoms with Gasteiger partial charge in [-0.2, -0.15) is 0 Å². The Morgan fingerprint density at radius 3 is 2.61 bits per heavy atom. The van der Waals surface area contributed by atoms with Gasteiger partial charge in [0.05, 0.1) is 16.8 Å². The van der Waals surface area contributed by atoms with Crippen molar-refractivity contribution in [3.8, 4) is 10.6 Å². The van der Waals surface area contributed by atoms with Crippen molar-refractivity contribution >= 4 is 33.1 Å². The summed E-state index contributed by atoms with van der Waals surface area (Å²) in [6, 6.07) is 17.8. The number of aryl methyl sites for hydroxylation is 1. The first-order chi connectivity index (χ1) is 13.6. The molecule has 0 saturated carbocycles. The van der Waals surface area contributed by atoms with Gasteiger partial charge in [0.15, 0.2) is 0 Å². The molecule has 0 fully saturated rings. The SMILES string of the molecule is O=C(CCn1[nH]c(=O)ccc1=O)Nc1ccc(-c2nc3ccccc3s2)cc1. The smallest absolute Gasteiger partial charge is 0.265 e. The lowest BCUT2D eigenvalue weighted by molar-refractivity contribution is -0.116. The van der Waals surface area contributed by atoms with Crippen molar-refractivity contribution in [2.24, 2.45) is 0 Å². The number of nitrogens with zero attached hydrogens (tertiary/aromatic N) is 2. The van der Waals surface area contributed by atoms with Crippen LogP contribution in [0.25, 0.3) is 20.8 Å². The van der Waals surface area contributed by atoms with Crippen LogP contribution in [0, 0.1) is 0 Å². The molecule has 0 aliphatic rings. The van der Waals surface area contributed by atoms with Gasteiger partial charge in [-0.1, -0.05) is 12.1 Å². The fourth-order valence-corrected chi connectivity index (χ4v) is 3.73. The van der Waals surface area contributed by atoms with Gasteiger partial charge in [-0.15, -0.1) is 11.3 Å². The molecule has 7 nitrogen and oxygen atoms in total. The molecule has 2 heterocycles. The fourth-order valence-electron chi connectivity index (χ4n) is 2.76. The van der Waals surface area contributed by atoms with Crippen LogP contribution >= 0.6 is 11.3 Å². The molecule has 2 aromatic carbocycles. The van der Waals surface area contributed by atoms with E-state index in [4.69, 9.17) is 0 Å². The van der Waals surface area contributed by atoms with Gasteiger partial charge in [0.2, 0.25) is 5.91 Å². The molecule has 0 aliphatic heterocycles. The van der Waals surface area contributed by atoms with Crippen molar-refractivity contribution in [3.63, 3.8) is 0 Å². The Balaban J connectivity index is 1.41. The Morgan fingerprint density at radius 2 is 1.82 bits per heavy atom. The highest BCUT2D eigenvalue weighted by Gasteiger charge is 2.08. The highest BCUT2D eigenvalue weighted by molar-refractivity contribution is 7.21. The zero-order valence-corrected chi connectivity index (χ0v) is 15.5. The minimum atomic E-state index is -0.384. The van der Waals surface area contributed by atoms with Crippen LogP contribution in [0.2, 0.25) is 0 Å². The van der Waals surface area contributed by atoms with E-state index >= 15 is 0 Å². The summed E-state index contributed by atoms with van der Waals surface area (Å²) in [5, 5.41) is 6.11. The Labute approximate surface area is 163 Å². The molecule has 0 unspecified atom stereocenters. The number of hydrogen-bond acceptors (Lipinski definition) is 5. The number of H-pyrrole nitrogens is 1. The number of carbonyl (C=O) groups excluding carboxylic acids is 1. The summed E-state index contributed by atoms with van der Waals surface area (Å²) >= 11 is 1.62. The second kappa shape index (κ2) is 7.61. The first-order valence-electron chi connectivity index (χ1n) is 8.64. The molecule has 1 amide bonds. The van der Waals surface area contributed by atoms with E-state index in [0.29, 0.717) is 5.69 Å². The standard InChI is InChI=1S/C20H16N4O3S/c25-17(11-12-24-19(27)10-9-18(26)23-24)21-14-7-5-13(6-8-14)20-22-15-3-1-2-4-16(15)28-20/h1-10H,11-12H2,(H,21,25)(H,23,26). The summed E-state index contributed by atoms with van der Waals surface area (Å²) in [6.07, 6.45) is 0.0689. The molecule has 0 spiro atoms. The summed E-state index contributed by atoms with van der Waals surface area (Å²) in [6.45, 7) is 0.102. The molecule has 4 rings (SSSR count). The van der Waals surface area contributed by atoms with Crippen molar-refractivity contribution in [2.75, 3.05) is 5.32 Å². The van der Waals surface area contributed by atoms with Gasteiger partial charge in [-0.3, -0.25) is 19.5 Å². The van der Waals surface area contributed by atoms with Crippen molar-refractivity contribution in [1.82, 2.24) is 14.8 Å². The van der Waals surface area contributed by atoms with Crippen LogP contribution in [-0.4, -0.2) is 20.7 Å². The minimum absolute atomic E-state index is 0.0689. The third-order valence-corrected chi connectivity index (χ3v) is 5.25. The normalized spacial score (nSPS) is 10.9. The number of para-hydroxylation sites is 1. The van der Waals surface area contributed by atoms with Crippen LogP contribution < -0.4 is 16.4 Å². The van der Waals surface area contributed by atoms with Gasteiger partial charge in [0.25, 0.3) is 11.1 Å². The number of rotatable bonds is 5. The molecule has 8 heteroatoms. The molecular formula is C20H16N4O3S. The number of nitrogens with one attached hydrogen (secondary N) is 2. The van der Waals surface area contributed by atoms with Crippen LogP contribution in [0.3, 0.4) is 0 Å². The molecule has 2 N–H and O–H groups in total. The van der Waals surface area contributed by atoms with Crippen LogP contribution in [0.15, 0.2) is 70.3 Å². The highest BCUT2D eigenvalue weighted by Crippen LogP contribution is 2.30. The van der Waals surface area contributed by atoms with Crippen LogP contribution in [-0.2, 0) is 11.3 Å². The van der Waals surface area contributed by atoms with Gasteiger partial charge in [0, 0.05) is 29.8 Å². The summed E-state index contributed by atoms with van der Waals surface area (Å²) in [5.41, 5.74) is 1.86. The molecule has 0 radical (unpaired) electrons. The summed E-state index contributed by atoms with van der Waals surface area (Å²) in [4.78, 5) is 39.6. The van der Waals surface area contributed by atoms with E-state index in [1.54, 1.807) is 11.3 Å². The third-order valence-electron chi connectivity index (χ3n) is 4.16. The van der Waals surface area contributed by atoms with Gasteiger partial charge < -0.3 is 5.32 Å². The first-order valence-corrected chi connectivity index (χ1v) is 9.46. The molecule has 28 heavy (non-hydrogen) atoms. The zero-order valence-electron chi connectivity index (χ0n) is 14.7. The quantitative estimate of drug-likeness (QED) is 0.546. The largest absolute Gasteiger partial charge is 0.326 e. The van der Waals surface area contributed by atoms with Gasteiger partial charge in [-0.05, 0) is 36.4 Å². The van der Waals surface area contributed by atoms with E-state index in [2.05, 4.69) is 15.4 Å². The molecule has 2 aromatic heterocycles. The Bertz CT molecular complexity index is 1220. The van der Waals surface area contributed by atoms with E-state index < -0.39 is 0 Å². The van der Waals surface area contributed by atoms with E-state index in [9.17, 15) is 14.4 Å². The Hall–Kier alpha value is -3.52. The number of benzene rings is 2. The minimum Gasteiger partial charge on any atom is -0.326 e. The lowest BCUT2D eigenvalue weighted by Crippen LogP contribution is -2.29. The lowest BCUT2D eigenvalue weighted by Gasteiger charge is -2.07.